The first-order valence-electron chi connectivity index (χ1n) is 7.16. The summed E-state index contributed by atoms with van der Waals surface area (Å²) in [7, 11) is 0. The van der Waals surface area contributed by atoms with Crippen LogP contribution >= 0.6 is 11.8 Å². The SMILES string of the molecule is Cc1ccc(C)c(-n2nnnc2SCc2ccccc2C#N)c1. The predicted molar refractivity (Wildman–Crippen MR) is 89.3 cm³/mol. The zero-order valence-corrected chi connectivity index (χ0v) is 13.7. The van der Waals surface area contributed by atoms with E-state index in [2.05, 4.69) is 39.8 Å². The third kappa shape index (κ3) is 3.25. The summed E-state index contributed by atoms with van der Waals surface area (Å²) in [6.07, 6.45) is 0. The molecule has 0 fully saturated rings. The Morgan fingerprint density at radius 3 is 2.83 bits per heavy atom. The molecule has 0 unspecified atom stereocenters. The lowest BCUT2D eigenvalue weighted by Crippen LogP contribution is -2.02. The van der Waals surface area contributed by atoms with Gasteiger partial charge in [-0.3, -0.25) is 0 Å². The second-order valence-corrected chi connectivity index (χ2v) is 6.16. The number of hydrogen-bond acceptors (Lipinski definition) is 5. The van der Waals surface area contributed by atoms with Crippen molar-refractivity contribution in [3.05, 3.63) is 64.7 Å². The Labute approximate surface area is 139 Å². The molecule has 0 N–H and O–H groups in total. The Kier molecular flexibility index (Phi) is 4.40. The maximum Gasteiger partial charge on any atom is 0.214 e. The predicted octanol–water partition coefficient (Wildman–Crippen LogP) is 3.44. The van der Waals surface area contributed by atoms with Crippen LogP contribution in [-0.2, 0) is 5.75 Å². The van der Waals surface area contributed by atoms with Crippen molar-refractivity contribution in [2.45, 2.75) is 24.8 Å². The molecule has 0 aliphatic carbocycles. The van der Waals surface area contributed by atoms with Crippen LogP contribution in [0.4, 0.5) is 0 Å². The lowest BCUT2D eigenvalue weighted by atomic mass is 10.1. The van der Waals surface area contributed by atoms with E-state index in [1.165, 1.54) is 11.8 Å². The molecule has 0 aliphatic heterocycles. The van der Waals surface area contributed by atoms with Crippen molar-refractivity contribution in [1.82, 2.24) is 20.2 Å². The molecule has 0 spiro atoms. The summed E-state index contributed by atoms with van der Waals surface area (Å²) in [6.45, 7) is 4.08. The summed E-state index contributed by atoms with van der Waals surface area (Å²) in [4.78, 5) is 0. The number of hydrogen-bond donors (Lipinski definition) is 0. The smallest absolute Gasteiger partial charge is 0.192 e. The first-order valence-corrected chi connectivity index (χ1v) is 8.14. The van der Waals surface area contributed by atoms with Gasteiger partial charge >= 0.3 is 0 Å². The van der Waals surface area contributed by atoms with E-state index in [4.69, 9.17) is 0 Å². The van der Waals surface area contributed by atoms with Gasteiger partial charge in [0.05, 0.1) is 17.3 Å². The quantitative estimate of drug-likeness (QED) is 0.689. The van der Waals surface area contributed by atoms with Crippen LogP contribution in [0.3, 0.4) is 0 Å². The van der Waals surface area contributed by atoms with Crippen molar-refractivity contribution in [3.63, 3.8) is 0 Å². The third-order valence-corrected chi connectivity index (χ3v) is 4.50. The molecular weight excluding hydrogens is 306 g/mol. The fourth-order valence-corrected chi connectivity index (χ4v) is 3.15. The van der Waals surface area contributed by atoms with Gasteiger partial charge in [-0.2, -0.15) is 9.94 Å². The maximum atomic E-state index is 9.17. The largest absolute Gasteiger partial charge is 0.214 e. The number of tetrazole rings is 1. The Balaban J connectivity index is 1.87. The minimum atomic E-state index is 0.648. The summed E-state index contributed by atoms with van der Waals surface area (Å²) < 4.78 is 1.75. The molecular formula is C17H15N5S. The van der Waals surface area contributed by atoms with Gasteiger partial charge in [-0.05, 0) is 53.1 Å². The minimum Gasteiger partial charge on any atom is -0.192 e. The molecule has 3 rings (SSSR count). The maximum absolute atomic E-state index is 9.17. The van der Waals surface area contributed by atoms with E-state index in [1.807, 2.05) is 38.1 Å². The van der Waals surface area contributed by atoms with Crippen LogP contribution in [0.15, 0.2) is 47.6 Å². The zero-order chi connectivity index (χ0) is 16.2. The normalized spacial score (nSPS) is 10.5. The summed E-state index contributed by atoms with van der Waals surface area (Å²) in [6, 6.07) is 16.0. The summed E-state index contributed by atoms with van der Waals surface area (Å²) in [5, 5.41) is 21.9. The lowest BCUT2D eigenvalue weighted by Gasteiger charge is -2.09. The van der Waals surface area contributed by atoms with Gasteiger partial charge in [0.2, 0.25) is 5.16 Å². The fourth-order valence-electron chi connectivity index (χ4n) is 2.27. The van der Waals surface area contributed by atoms with Crippen molar-refractivity contribution in [3.8, 4) is 11.8 Å². The number of benzene rings is 2. The second-order valence-electron chi connectivity index (χ2n) is 5.22. The molecule has 23 heavy (non-hydrogen) atoms. The molecule has 0 aliphatic rings. The van der Waals surface area contributed by atoms with Gasteiger partial charge in [0.15, 0.2) is 0 Å². The molecule has 2 aromatic carbocycles. The Hall–Kier alpha value is -2.65. The number of rotatable bonds is 4. The van der Waals surface area contributed by atoms with E-state index in [0.717, 1.165) is 22.4 Å². The molecule has 1 aromatic heterocycles. The van der Waals surface area contributed by atoms with Gasteiger partial charge in [0.1, 0.15) is 0 Å². The monoisotopic (exact) mass is 321 g/mol. The summed E-state index contributed by atoms with van der Waals surface area (Å²) in [5.41, 5.74) is 4.92. The number of nitriles is 1. The average molecular weight is 321 g/mol. The van der Waals surface area contributed by atoms with Crippen molar-refractivity contribution in [2.75, 3.05) is 0 Å². The Morgan fingerprint density at radius 2 is 2.00 bits per heavy atom. The van der Waals surface area contributed by atoms with Crippen molar-refractivity contribution < 1.29 is 0 Å². The van der Waals surface area contributed by atoms with Crippen LogP contribution < -0.4 is 0 Å². The molecule has 0 saturated carbocycles. The molecule has 0 atom stereocenters. The molecule has 3 aromatic rings. The van der Waals surface area contributed by atoms with Crippen LogP contribution in [0.25, 0.3) is 5.69 Å². The van der Waals surface area contributed by atoms with E-state index in [1.54, 1.807) is 4.68 Å². The van der Waals surface area contributed by atoms with Crippen molar-refractivity contribution in [1.29, 1.82) is 5.26 Å². The van der Waals surface area contributed by atoms with Crippen LogP contribution in [0.5, 0.6) is 0 Å². The summed E-state index contributed by atoms with van der Waals surface area (Å²) in [5.74, 6) is 0.648. The van der Waals surface area contributed by atoms with Gasteiger partial charge < -0.3 is 0 Å². The zero-order valence-electron chi connectivity index (χ0n) is 12.9. The standard InChI is InChI=1S/C17H15N5S/c1-12-7-8-13(2)16(9-12)22-17(19-20-21-22)23-11-15-6-4-3-5-14(15)10-18/h3-9H,11H2,1-2H3. The first-order chi connectivity index (χ1) is 11.2. The third-order valence-electron chi connectivity index (χ3n) is 3.53. The van der Waals surface area contributed by atoms with E-state index < -0.39 is 0 Å². The van der Waals surface area contributed by atoms with E-state index in [-0.39, 0.29) is 0 Å². The highest BCUT2D eigenvalue weighted by Crippen LogP contribution is 2.25. The fraction of sp³-hybridized carbons (Fsp3) is 0.176. The van der Waals surface area contributed by atoms with Crippen LogP contribution in [-0.4, -0.2) is 20.2 Å². The van der Waals surface area contributed by atoms with Crippen LogP contribution in [0.1, 0.15) is 22.3 Å². The van der Waals surface area contributed by atoms with Crippen molar-refractivity contribution >= 4 is 11.8 Å². The van der Waals surface area contributed by atoms with Gasteiger partial charge in [-0.1, -0.05) is 42.1 Å². The Bertz CT molecular complexity index is 879. The highest BCUT2D eigenvalue weighted by molar-refractivity contribution is 7.98. The van der Waals surface area contributed by atoms with Gasteiger partial charge in [0, 0.05) is 5.75 Å². The summed E-state index contributed by atoms with van der Waals surface area (Å²) >= 11 is 1.52. The second kappa shape index (κ2) is 6.63. The Morgan fingerprint density at radius 1 is 1.17 bits per heavy atom. The van der Waals surface area contributed by atoms with Gasteiger partial charge in [0.25, 0.3) is 0 Å². The highest BCUT2D eigenvalue weighted by atomic mass is 32.2. The molecule has 1 heterocycles. The van der Waals surface area contributed by atoms with Gasteiger partial charge in [-0.15, -0.1) is 5.10 Å². The van der Waals surface area contributed by atoms with Crippen LogP contribution in [0, 0.1) is 25.2 Å². The highest BCUT2D eigenvalue weighted by Gasteiger charge is 2.12. The molecule has 6 heteroatoms. The molecule has 0 bridgehead atoms. The number of thioether (sulfide) groups is 1. The van der Waals surface area contributed by atoms with Crippen molar-refractivity contribution in [2.24, 2.45) is 0 Å². The lowest BCUT2D eigenvalue weighted by molar-refractivity contribution is 0.751. The minimum absolute atomic E-state index is 0.648. The molecule has 0 radical (unpaired) electrons. The van der Waals surface area contributed by atoms with Gasteiger partial charge in [-0.25, -0.2) is 0 Å². The molecule has 114 valence electrons. The molecule has 0 saturated heterocycles. The average Bonchev–Trinajstić information content (AvgIpc) is 3.03. The van der Waals surface area contributed by atoms with Crippen LogP contribution in [0.2, 0.25) is 0 Å². The molecule has 0 amide bonds. The van der Waals surface area contributed by atoms with E-state index >= 15 is 0 Å². The first kappa shape index (κ1) is 15.3. The number of aryl methyl sites for hydroxylation is 2. The molecule has 5 nitrogen and oxygen atoms in total. The number of aromatic nitrogens is 4. The van der Waals surface area contributed by atoms with E-state index in [0.29, 0.717) is 16.5 Å². The topological polar surface area (TPSA) is 67.4 Å². The number of nitrogens with zero attached hydrogens (tertiary/aromatic N) is 5. The van der Waals surface area contributed by atoms with E-state index in [9.17, 15) is 5.26 Å².